The molecule has 2 nitrogen and oxygen atoms in total. The Morgan fingerprint density at radius 1 is 1.40 bits per heavy atom. The molecule has 1 fully saturated rings. The van der Waals surface area contributed by atoms with E-state index in [-0.39, 0.29) is 12.1 Å². The summed E-state index contributed by atoms with van der Waals surface area (Å²) in [5, 5.41) is 0. The van der Waals surface area contributed by atoms with Crippen LogP contribution < -0.4 is 0 Å². The Hall–Kier alpha value is -0.790. The molecule has 15 heavy (non-hydrogen) atoms. The van der Waals surface area contributed by atoms with E-state index in [1.54, 1.807) is 6.08 Å². The van der Waals surface area contributed by atoms with E-state index in [0.29, 0.717) is 11.3 Å². The monoisotopic (exact) mass is 210 g/mol. The van der Waals surface area contributed by atoms with Gasteiger partial charge < -0.3 is 4.74 Å². The van der Waals surface area contributed by atoms with E-state index in [1.165, 1.54) is 12.5 Å². The predicted octanol–water partition coefficient (Wildman–Crippen LogP) is 3.32. The van der Waals surface area contributed by atoms with Crippen molar-refractivity contribution in [2.45, 2.75) is 53.1 Å². The van der Waals surface area contributed by atoms with Gasteiger partial charge in [-0.05, 0) is 37.5 Å². The second kappa shape index (κ2) is 4.82. The highest BCUT2D eigenvalue weighted by atomic mass is 16.5. The van der Waals surface area contributed by atoms with Gasteiger partial charge in [-0.15, -0.1) is 0 Å². The van der Waals surface area contributed by atoms with Crippen molar-refractivity contribution >= 4 is 5.97 Å². The number of hydrogen-bond donors (Lipinski definition) is 0. The van der Waals surface area contributed by atoms with Gasteiger partial charge in [-0.2, -0.15) is 0 Å². The largest absolute Gasteiger partial charge is 0.459 e. The minimum absolute atomic E-state index is 0.104. The lowest BCUT2D eigenvalue weighted by Gasteiger charge is -2.38. The summed E-state index contributed by atoms with van der Waals surface area (Å²) in [7, 11) is 0. The first-order valence-electron chi connectivity index (χ1n) is 5.76. The first-order valence-corrected chi connectivity index (χ1v) is 5.76. The predicted molar refractivity (Wildman–Crippen MR) is 61.5 cm³/mol. The molecule has 0 aliphatic heterocycles. The number of rotatable bonds is 2. The third kappa shape index (κ3) is 4.06. The Morgan fingerprint density at radius 3 is 2.60 bits per heavy atom. The second-order valence-electron chi connectivity index (χ2n) is 5.47. The zero-order chi connectivity index (χ0) is 11.5. The molecule has 0 aromatic heterocycles. The fourth-order valence-electron chi connectivity index (χ4n) is 2.69. The number of ether oxygens (including phenoxy) is 1. The van der Waals surface area contributed by atoms with Gasteiger partial charge in [0, 0.05) is 6.08 Å². The Bertz CT molecular complexity index is 253. The van der Waals surface area contributed by atoms with E-state index >= 15 is 0 Å². The lowest BCUT2D eigenvalue weighted by Crippen LogP contribution is -2.33. The van der Waals surface area contributed by atoms with Crippen molar-refractivity contribution in [2.24, 2.45) is 11.3 Å². The maximum absolute atomic E-state index is 11.3. The van der Waals surface area contributed by atoms with Gasteiger partial charge in [0.15, 0.2) is 0 Å². The van der Waals surface area contributed by atoms with E-state index in [0.717, 1.165) is 12.8 Å². The van der Waals surface area contributed by atoms with Gasteiger partial charge in [-0.25, -0.2) is 4.79 Å². The molecule has 86 valence electrons. The molecule has 0 bridgehead atoms. The Labute approximate surface area is 92.7 Å². The van der Waals surface area contributed by atoms with E-state index in [2.05, 4.69) is 20.8 Å². The molecule has 0 aromatic rings. The fourth-order valence-corrected chi connectivity index (χ4v) is 2.69. The number of esters is 1. The van der Waals surface area contributed by atoms with Crippen LogP contribution in [-0.2, 0) is 9.53 Å². The number of carbonyl (C=O) groups is 1. The van der Waals surface area contributed by atoms with Crippen LogP contribution in [-0.4, -0.2) is 12.1 Å². The third-order valence-corrected chi connectivity index (χ3v) is 2.93. The molecule has 0 aromatic carbocycles. The summed E-state index contributed by atoms with van der Waals surface area (Å²) in [5.41, 5.74) is 0.304. The molecule has 2 heteroatoms. The van der Waals surface area contributed by atoms with Crippen molar-refractivity contribution in [1.82, 2.24) is 0 Å². The zero-order valence-electron chi connectivity index (χ0n) is 10.2. The Morgan fingerprint density at radius 2 is 2.07 bits per heavy atom. The highest BCUT2D eigenvalue weighted by Gasteiger charge is 2.33. The number of carbonyl (C=O) groups excluding carboxylic acids is 1. The Balaban J connectivity index is 2.52. The molecule has 0 unspecified atom stereocenters. The van der Waals surface area contributed by atoms with E-state index < -0.39 is 0 Å². The van der Waals surface area contributed by atoms with Crippen molar-refractivity contribution in [3.05, 3.63) is 12.2 Å². The topological polar surface area (TPSA) is 26.3 Å². The molecule has 0 saturated heterocycles. The summed E-state index contributed by atoms with van der Waals surface area (Å²) < 4.78 is 5.41. The molecule has 0 amide bonds. The first kappa shape index (κ1) is 12.3. The average molecular weight is 210 g/mol. The number of allylic oxidation sites excluding steroid dienone is 1. The first-order chi connectivity index (χ1) is 6.93. The number of hydrogen-bond acceptors (Lipinski definition) is 2. The molecule has 1 rings (SSSR count). The van der Waals surface area contributed by atoms with Gasteiger partial charge in [-0.3, -0.25) is 0 Å². The van der Waals surface area contributed by atoms with Gasteiger partial charge in [0.2, 0.25) is 0 Å². The summed E-state index contributed by atoms with van der Waals surface area (Å²) in [6, 6.07) is 0. The summed E-state index contributed by atoms with van der Waals surface area (Å²) >= 11 is 0. The Kier molecular flexibility index (Phi) is 3.95. The van der Waals surface area contributed by atoms with Crippen LogP contribution in [0.3, 0.4) is 0 Å². The average Bonchev–Trinajstić information content (AvgIpc) is 1.99. The van der Waals surface area contributed by atoms with Gasteiger partial charge in [-0.1, -0.05) is 26.8 Å². The molecule has 1 aliphatic rings. The van der Waals surface area contributed by atoms with Crippen LogP contribution in [0.5, 0.6) is 0 Å². The van der Waals surface area contributed by atoms with E-state index in [1.807, 2.05) is 6.92 Å². The summed E-state index contributed by atoms with van der Waals surface area (Å²) in [4.78, 5) is 11.3. The molecule has 0 heterocycles. The van der Waals surface area contributed by atoms with Crippen LogP contribution >= 0.6 is 0 Å². The van der Waals surface area contributed by atoms with E-state index in [9.17, 15) is 4.79 Å². The highest BCUT2D eigenvalue weighted by Crippen LogP contribution is 2.39. The fraction of sp³-hybridized carbons (Fsp3) is 0.769. The molecular formula is C13H22O2. The smallest absolute Gasteiger partial charge is 0.330 e. The van der Waals surface area contributed by atoms with Crippen molar-refractivity contribution < 1.29 is 9.53 Å². The van der Waals surface area contributed by atoms with Crippen LogP contribution in [0.2, 0.25) is 0 Å². The minimum atomic E-state index is -0.201. The van der Waals surface area contributed by atoms with Crippen LogP contribution in [0, 0.1) is 11.3 Å². The lowest BCUT2D eigenvalue weighted by atomic mass is 9.71. The second-order valence-corrected chi connectivity index (χ2v) is 5.47. The third-order valence-electron chi connectivity index (χ3n) is 2.93. The van der Waals surface area contributed by atoms with Crippen LogP contribution in [0.1, 0.15) is 47.0 Å². The SMILES string of the molecule is C/C=C/C(=O)O[C@@H]1C[C@H](C)CC(C)(C)C1. The van der Waals surface area contributed by atoms with Gasteiger partial charge >= 0.3 is 5.97 Å². The van der Waals surface area contributed by atoms with Crippen LogP contribution in [0.4, 0.5) is 0 Å². The van der Waals surface area contributed by atoms with Crippen molar-refractivity contribution in [1.29, 1.82) is 0 Å². The van der Waals surface area contributed by atoms with Gasteiger partial charge in [0.25, 0.3) is 0 Å². The normalized spacial score (nSPS) is 30.4. The van der Waals surface area contributed by atoms with E-state index in [4.69, 9.17) is 4.74 Å². The van der Waals surface area contributed by atoms with Crippen LogP contribution in [0.15, 0.2) is 12.2 Å². The van der Waals surface area contributed by atoms with Crippen molar-refractivity contribution in [2.75, 3.05) is 0 Å². The summed E-state index contributed by atoms with van der Waals surface area (Å²) in [5.74, 6) is 0.449. The molecular weight excluding hydrogens is 188 g/mol. The van der Waals surface area contributed by atoms with Crippen LogP contribution in [0.25, 0.3) is 0 Å². The molecule has 2 atom stereocenters. The summed E-state index contributed by atoms with van der Waals surface area (Å²) in [6.45, 7) is 8.56. The standard InChI is InChI=1S/C13H22O2/c1-5-6-12(14)15-11-7-10(2)8-13(3,4)9-11/h5-6,10-11H,7-9H2,1-4H3/b6-5+/t10-,11+/m0/s1. The van der Waals surface area contributed by atoms with Gasteiger partial charge in [0.05, 0.1) is 0 Å². The molecule has 0 N–H and O–H groups in total. The lowest BCUT2D eigenvalue weighted by molar-refractivity contribution is -0.147. The van der Waals surface area contributed by atoms with Crippen molar-refractivity contribution in [3.8, 4) is 0 Å². The molecule has 1 saturated carbocycles. The maximum Gasteiger partial charge on any atom is 0.330 e. The molecule has 1 aliphatic carbocycles. The summed E-state index contributed by atoms with van der Waals surface area (Å²) in [6.07, 6.45) is 6.54. The zero-order valence-corrected chi connectivity index (χ0v) is 10.2. The van der Waals surface area contributed by atoms with Gasteiger partial charge in [0.1, 0.15) is 6.10 Å². The molecule has 0 spiro atoms. The highest BCUT2D eigenvalue weighted by molar-refractivity contribution is 5.81. The van der Waals surface area contributed by atoms with Crippen molar-refractivity contribution in [3.63, 3.8) is 0 Å². The molecule has 0 radical (unpaired) electrons. The minimum Gasteiger partial charge on any atom is -0.459 e. The maximum atomic E-state index is 11.3. The quantitative estimate of drug-likeness (QED) is 0.516.